The molecule has 0 N–H and O–H groups in total. The smallest absolute Gasteiger partial charge is 0.170 e. The van der Waals surface area contributed by atoms with Crippen molar-refractivity contribution >= 4 is 29.0 Å². The minimum atomic E-state index is -0.646. The van der Waals surface area contributed by atoms with Crippen molar-refractivity contribution in [2.45, 2.75) is 34.6 Å². The van der Waals surface area contributed by atoms with Crippen molar-refractivity contribution in [1.82, 2.24) is 0 Å². The molecule has 0 radical (unpaired) electrons. The van der Waals surface area contributed by atoms with E-state index in [0.29, 0.717) is 23.0 Å². The Kier molecular flexibility index (Phi) is 5.62. The number of hydrogen-bond acceptors (Lipinski definition) is 4. The van der Waals surface area contributed by atoms with Gasteiger partial charge in [0.1, 0.15) is 23.2 Å². The number of rotatable bonds is 2. The Hall–Kier alpha value is -2.93. The topological polar surface area (TPSA) is 64.3 Å². The van der Waals surface area contributed by atoms with Crippen LogP contribution in [0.25, 0.3) is 11.2 Å². The molecule has 2 aromatic heterocycles. The summed E-state index contributed by atoms with van der Waals surface area (Å²) in [4.78, 5) is 34.1. The molecule has 1 atom stereocenters. The van der Waals surface area contributed by atoms with Crippen LogP contribution < -0.4 is 0 Å². The Bertz CT molecular complexity index is 912. The van der Waals surface area contributed by atoms with Crippen LogP contribution in [0.2, 0.25) is 0 Å². The summed E-state index contributed by atoms with van der Waals surface area (Å²) >= 11 is 0. The average molecular weight is 350 g/mol. The molecule has 0 spiro atoms. The van der Waals surface area contributed by atoms with Crippen LogP contribution in [0, 0.1) is 23.2 Å². The zero-order chi connectivity index (χ0) is 19.5. The lowest BCUT2D eigenvalue weighted by molar-refractivity contribution is -0.131. The van der Waals surface area contributed by atoms with Crippen molar-refractivity contribution < 1.29 is 18.8 Å². The van der Waals surface area contributed by atoms with E-state index in [1.165, 1.54) is 13.0 Å². The SMILES string of the molecule is CC(=O)C1C(=O)C(C)=C(C#CC(C)=CC=O)C1(C)C.c1cc2ccc1o2. The molecule has 2 aromatic rings. The van der Waals surface area contributed by atoms with Crippen LogP contribution in [0.3, 0.4) is 0 Å². The third kappa shape index (κ3) is 3.83. The maximum absolute atomic E-state index is 12.1. The summed E-state index contributed by atoms with van der Waals surface area (Å²) in [6.07, 6.45) is 2.05. The number of hydrogen-bond donors (Lipinski definition) is 0. The molecule has 134 valence electrons. The summed E-state index contributed by atoms with van der Waals surface area (Å²) in [6.45, 7) is 8.58. The number of carbonyl (C=O) groups is 3. The van der Waals surface area contributed by atoms with Gasteiger partial charge < -0.3 is 4.42 Å². The van der Waals surface area contributed by atoms with Crippen LogP contribution in [-0.4, -0.2) is 17.9 Å². The molecule has 4 heteroatoms. The Morgan fingerprint density at radius 3 is 2.04 bits per heavy atom. The lowest BCUT2D eigenvalue weighted by Gasteiger charge is -2.25. The summed E-state index contributed by atoms with van der Waals surface area (Å²) in [7, 11) is 0. The fraction of sp³-hybridized carbons (Fsp3) is 0.318. The molecule has 3 rings (SSSR count). The van der Waals surface area contributed by atoms with Crippen LogP contribution in [0.5, 0.6) is 0 Å². The summed E-state index contributed by atoms with van der Waals surface area (Å²) in [5.41, 5.74) is 3.23. The summed E-state index contributed by atoms with van der Waals surface area (Å²) in [5, 5.41) is 0. The van der Waals surface area contributed by atoms with E-state index in [0.717, 1.165) is 11.2 Å². The number of carbonyl (C=O) groups excluding carboxylic acids is 3. The van der Waals surface area contributed by atoms with Crippen LogP contribution in [0.1, 0.15) is 34.6 Å². The minimum Gasteiger partial charge on any atom is -0.457 e. The molecule has 0 saturated carbocycles. The van der Waals surface area contributed by atoms with Gasteiger partial charge in [-0.2, -0.15) is 0 Å². The zero-order valence-corrected chi connectivity index (χ0v) is 15.7. The summed E-state index contributed by atoms with van der Waals surface area (Å²) in [5.74, 6) is 4.88. The molecule has 2 bridgehead atoms. The molecule has 26 heavy (non-hydrogen) atoms. The molecule has 2 heterocycles. The van der Waals surface area contributed by atoms with Gasteiger partial charge in [-0.25, -0.2) is 0 Å². The van der Waals surface area contributed by atoms with E-state index in [-0.39, 0.29) is 11.6 Å². The fourth-order valence-corrected chi connectivity index (χ4v) is 3.26. The first kappa shape index (κ1) is 19.4. The number of aldehydes is 1. The minimum absolute atomic E-state index is 0.133. The van der Waals surface area contributed by atoms with Crippen molar-refractivity contribution in [3.63, 3.8) is 0 Å². The van der Waals surface area contributed by atoms with Gasteiger partial charge >= 0.3 is 0 Å². The number of allylic oxidation sites excluding steroid dienone is 4. The molecule has 1 unspecified atom stereocenters. The molecule has 0 aromatic carbocycles. The highest BCUT2D eigenvalue weighted by Gasteiger charge is 2.48. The van der Waals surface area contributed by atoms with Crippen molar-refractivity contribution in [1.29, 1.82) is 0 Å². The van der Waals surface area contributed by atoms with Gasteiger partial charge in [-0.1, -0.05) is 25.7 Å². The zero-order valence-electron chi connectivity index (χ0n) is 15.7. The number of benzene rings is 1. The highest BCUT2D eigenvalue weighted by atomic mass is 16.3. The molecule has 4 nitrogen and oxygen atoms in total. The van der Waals surface area contributed by atoms with Crippen LogP contribution in [-0.2, 0) is 14.4 Å². The molecule has 0 aliphatic heterocycles. The first-order valence-electron chi connectivity index (χ1n) is 8.36. The highest BCUT2D eigenvalue weighted by molar-refractivity contribution is 6.14. The molecule has 0 saturated heterocycles. The van der Waals surface area contributed by atoms with Gasteiger partial charge in [0.2, 0.25) is 0 Å². The van der Waals surface area contributed by atoms with Gasteiger partial charge in [0.25, 0.3) is 0 Å². The van der Waals surface area contributed by atoms with E-state index in [4.69, 9.17) is 4.42 Å². The van der Waals surface area contributed by atoms with Crippen molar-refractivity contribution in [3.05, 3.63) is 47.1 Å². The average Bonchev–Trinajstić information content (AvgIpc) is 3.23. The van der Waals surface area contributed by atoms with Crippen LogP contribution in [0.4, 0.5) is 0 Å². The van der Waals surface area contributed by atoms with Crippen molar-refractivity contribution in [2.24, 2.45) is 11.3 Å². The predicted octanol–water partition coefficient (Wildman–Crippen LogP) is 4.14. The van der Waals surface area contributed by atoms with Gasteiger partial charge in [-0.15, -0.1) is 0 Å². The third-order valence-electron chi connectivity index (χ3n) is 4.54. The Balaban J connectivity index is 0.000000282. The normalized spacial score (nSPS) is 19.0. The molecule has 1 aliphatic rings. The lowest BCUT2D eigenvalue weighted by atomic mass is 9.75. The van der Waals surface area contributed by atoms with E-state index in [9.17, 15) is 14.4 Å². The van der Waals surface area contributed by atoms with Crippen molar-refractivity contribution in [3.8, 4) is 11.8 Å². The van der Waals surface area contributed by atoms with Gasteiger partial charge in [-0.3, -0.25) is 14.4 Å². The quantitative estimate of drug-likeness (QED) is 0.353. The standard InChI is InChI=1S/C16H18O3.C6H4O/c1-10(8-9-17)6-7-13-11(2)15(19)14(12(3)18)16(13,4)5;1-2-6-4-3-5(1)7-6/h8-9,14H,1-5H3;1-4H. The van der Waals surface area contributed by atoms with Gasteiger partial charge in [0.15, 0.2) is 5.78 Å². The molecule has 0 amide bonds. The first-order chi connectivity index (χ1) is 12.2. The Labute approximate surface area is 153 Å². The second kappa shape index (κ2) is 7.53. The van der Waals surface area contributed by atoms with E-state index < -0.39 is 11.3 Å². The van der Waals surface area contributed by atoms with Gasteiger partial charge in [0.05, 0.1) is 5.92 Å². The van der Waals surface area contributed by atoms with Crippen LogP contribution in [0.15, 0.2) is 51.5 Å². The van der Waals surface area contributed by atoms with Gasteiger partial charge in [-0.05, 0) is 51.1 Å². The molecular weight excluding hydrogens is 328 g/mol. The Morgan fingerprint density at radius 2 is 1.69 bits per heavy atom. The van der Waals surface area contributed by atoms with Crippen LogP contribution >= 0.6 is 0 Å². The number of fused-ring (bicyclic) bond motifs is 2. The Morgan fingerprint density at radius 1 is 1.15 bits per heavy atom. The second-order valence-electron chi connectivity index (χ2n) is 6.94. The third-order valence-corrected chi connectivity index (χ3v) is 4.54. The highest BCUT2D eigenvalue weighted by Crippen LogP contribution is 2.44. The fourth-order valence-electron chi connectivity index (χ4n) is 3.26. The lowest BCUT2D eigenvalue weighted by Crippen LogP contribution is -2.31. The number of Topliss-reactive ketones (excluding diaryl/α,β-unsaturated/α-hetero) is 2. The summed E-state index contributed by atoms with van der Waals surface area (Å²) < 4.78 is 5.08. The maximum Gasteiger partial charge on any atom is 0.170 e. The monoisotopic (exact) mass is 350 g/mol. The number of furan rings is 2. The summed E-state index contributed by atoms with van der Waals surface area (Å²) in [6, 6.07) is 7.81. The second-order valence-corrected chi connectivity index (χ2v) is 6.94. The van der Waals surface area contributed by atoms with E-state index in [1.54, 1.807) is 13.8 Å². The maximum atomic E-state index is 12.1. The molecule has 0 fully saturated rings. The molecular formula is C22H22O4. The van der Waals surface area contributed by atoms with E-state index >= 15 is 0 Å². The van der Waals surface area contributed by atoms with Gasteiger partial charge in [0, 0.05) is 22.1 Å². The predicted molar refractivity (Wildman–Crippen MR) is 101 cm³/mol. The van der Waals surface area contributed by atoms with Crippen molar-refractivity contribution in [2.75, 3.05) is 0 Å². The van der Waals surface area contributed by atoms with E-state index in [1.807, 2.05) is 38.1 Å². The largest absolute Gasteiger partial charge is 0.457 e. The first-order valence-corrected chi connectivity index (χ1v) is 8.36. The van der Waals surface area contributed by atoms with E-state index in [2.05, 4.69) is 11.8 Å². The molecule has 1 aliphatic carbocycles. The number of ketones is 2.